The predicted molar refractivity (Wildman–Crippen MR) is 80.7 cm³/mol. The van der Waals surface area contributed by atoms with E-state index in [0.717, 1.165) is 37.8 Å². The van der Waals surface area contributed by atoms with Crippen molar-refractivity contribution in [2.45, 2.75) is 19.8 Å². The molecule has 0 aliphatic carbocycles. The van der Waals surface area contributed by atoms with Crippen molar-refractivity contribution in [3.8, 4) is 0 Å². The molecular formula is C12H24BrN3O2S. The van der Waals surface area contributed by atoms with Crippen molar-refractivity contribution in [1.82, 2.24) is 13.5 Å². The van der Waals surface area contributed by atoms with Crippen molar-refractivity contribution >= 4 is 26.1 Å². The van der Waals surface area contributed by atoms with Crippen LogP contribution in [-0.4, -0.2) is 73.1 Å². The molecule has 0 atom stereocenters. The highest BCUT2D eigenvalue weighted by Crippen LogP contribution is 2.21. The Morgan fingerprint density at radius 2 is 1.53 bits per heavy atom. The summed E-state index contributed by atoms with van der Waals surface area (Å²) in [4.78, 5) is 2.30. The Bertz CT molecular complexity index is 374. The standard InChI is InChI=1S/C12H24BrN3O2S/c1-12-2-5-15(6-3-12)19(17,18)16-10-8-14(7-4-13)9-11-16/h12H,2-11H2,1H3. The van der Waals surface area contributed by atoms with Gasteiger partial charge in [0, 0.05) is 51.1 Å². The number of alkyl halides is 1. The van der Waals surface area contributed by atoms with Crippen molar-refractivity contribution in [3.05, 3.63) is 0 Å². The van der Waals surface area contributed by atoms with E-state index >= 15 is 0 Å². The number of nitrogens with zero attached hydrogens (tertiary/aromatic N) is 3. The fourth-order valence-corrected chi connectivity index (χ4v) is 4.81. The number of piperazine rings is 1. The monoisotopic (exact) mass is 353 g/mol. The first-order valence-electron chi connectivity index (χ1n) is 7.07. The van der Waals surface area contributed by atoms with Crippen LogP contribution in [0.5, 0.6) is 0 Å². The van der Waals surface area contributed by atoms with Gasteiger partial charge in [0.05, 0.1) is 0 Å². The summed E-state index contributed by atoms with van der Waals surface area (Å²) < 4.78 is 28.4. The van der Waals surface area contributed by atoms with E-state index in [1.165, 1.54) is 0 Å². The van der Waals surface area contributed by atoms with Crippen LogP contribution in [0, 0.1) is 5.92 Å². The van der Waals surface area contributed by atoms with Gasteiger partial charge in [-0.2, -0.15) is 17.0 Å². The van der Waals surface area contributed by atoms with Crippen LogP contribution in [0.1, 0.15) is 19.8 Å². The molecule has 0 N–H and O–H groups in total. The zero-order valence-electron chi connectivity index (χ0n) is 11.6. The molecule has 7 heteroatoms. The molecule has 0 aromatic carbocycles. The Hall–Kier alpha value is 0.310. The molecule has 2 saturated heterocycles. The normalized spacial score (nSPS) is 25.8. The molecule has 0 aromatic rings. The van der Waals surface area contributed by atoms with Gasteiger partial charge in [0.2, 0.25) is 0 Å². The molecule has 0 amide bonds. The molecule has 0 unspecified atom stereocenters. The Morgan fingerprint density at radius 1 is 1.00 bits per heavy atom. The molecule has 0 bridgehead atoms. The number of rotatable bonds is 4. The molecule has 0 spiro atoms. The lowest BCUT2D eigenvalue weighted by molar-refractivity contribution is 0.184. The van der Waals surface area contributed by atoms with E-state index in [9.17, 15) is 8.42 Å². The summed E-state index contributed by atoms with van der Waals surface area (Å²) in [6.07, 6.45) is 1.98. The maximum absolute atomic E-state index is 12.5. The van der Waals surface area contributed by atoms with Gasteiger partial charge in [-0.25, -0.2) is 0 Å². The van der Waals surface area contributed by atoms with E-state index < -0.39 is 10.2 Å². The van der Waals surface area contributed by atoms with Gasteiger partial charge >= 0.3 is 0 Å². The highest BCUT2D eigenvalue weighted by molar-refractivity contribution is 9.09. The van der Waals surface area contributed by atoms with Crippen LogP contribution in [0.2, 0.25) is 0 Å². The second-order valence-electron chi connectivity index (χ2n) is 5.52. The summed E-state index contributed by atoms with van der Waals surface area (Å²) in [7, 11) is -3.22. The van der Waals surface area contributed by atoms with Gasteiger partial charge < -0.3 is 0 Å². The number of hydrogen-bond donors (Lipinski definition) is 0. The highest BCUT2D eigenvalue weighted by Gasteiger charge is 2.33. The first kappa shape index (κ1) is 15.7. The number of halogens is 1. The zero-order chi connectivity index (χ0) is 13.9. The summed E-state index contributed by atoms with van der Waals surface area (Å²) in [6.45, 7) is 7.50. The zero-order valence-corrected chi connectivity index (χ0v) is 14.0. The molecule has 2 fully saturated rings. The molecule has 0 aromatic heterocycles. The maximum atomic E-state index is 12.5. The van der Waals surface area contributed by atoms with Crippen LogP contribution in [-0.2, 0) is 10.2 Å². The first-order valence-corrected chi connectivity index (χ1v) is 9.59. The van der Waals surface area contributed by atoms with Crippen molar-refractivity contribution < 1.29 is 8.42 Å². The average molecular weight is 354 g/mol. The third-order valence-electron chi connectivity index (χ3n) is 4.13. The summed E-state index contributed by atoms with van der Waals surface area (Å²) in [5.74, 6) is 0.655. The molecule has 19 heavy (non-hydrogen) atoms. The lowest BCUT2D eigenvalue weighted by Gasteiger charge is -2.38. The van der Waals surface area contributed by atoms with Crippen molar-refractivity contribution in [2.75, 3.05) is 51.1 Å². The summed E-state index contributed by atoms with van der Waals surface area (Å²) in [6, 6.07) is 0. The smallest absolute Gasteiger partial charge is 0.282 e. The molecule has 2 aliphatic rings. The Labute approximate surface area is 125 Å². The van der Waals surface area contributed by atoms with Crippen molar-refractivity contribution in [1.29, 1.82) is 0 Å². The maximum Gasteiger partial charge on any atom is 0.282 e. The van der Waals surface area contributed by atoms with Gasteiger partial charge in [-0.15, -0.1) is 0 Å². The predicted octanol–water partition coefficient (Wildman–Crippen LogP) is 0.976. The second kappa shape index (κ2) is 6.85. The van der Waals surface area contributed by atoms with Gasteiger partial charge in [0.1, 0.15) is 0 Å². The number of piperidine rings is 1. The fourth-order valence-electron chi connectivity index (χ4n) is 2.68. The van der Waals surface area contributed by atoms with Crippen LogP contribution in [0.25, 0.3) is 0 Å². The molecule has 0 saturated carbocycles. The molecule has 5 nitrogen and oxygen atoms in total. The topological polar surface area (TPSA) is 43.9 Å². The molecular weight excluding hydrogens is 330 g/mol. The molecule has 0 radical (unpaired) electrons. The van der Waals surface area contributed by atoms with Crippen LogP contribution >= 0.6 is 15.9 Å². The van der Waals surface area contributed by atoms with E-state index in [-0.39, 0.29) is 0 Å². The summed E-state index contributed by atoms with van der Waals surface area (Å²) >= 11 is 3.43. The van der Waals surface area contributed by atoms with Gasteiger partial charge in [-0.3, -0.25) is 4.90 Å². The average Bonchev–Trinajstić information content (AvgIpc) is 2.40. The van der Waals surface area contributed by atoms with Gasteiger partial charge in [-0.05, 0) is 18.8 Å². The van der Waals surface area contributed by atoms with E-state index in [4.69, 9.17) is 0 Å². The van der Waals surface area contributed by atoms with Crippen LogP contribution in [0.15, 0.2) is 0 Å². The summed E-state index contributed by atoms with van der Waals surface area (Å²) in [5.41, 5.74) is 0. The van der Waals surface area contributed by atoms with E-state index in [1.807, 2.05) is 0 Å². The lowest BCUT2D eigenvalue weighted by Crippen LogP contribution is -2.54. The lowest BCUT2D eigenvalue weighted by atomic mass is 10.0. The van der Waals surface area contributed by atoms with Crippen molar-refractivity contribution in [2.24, 2.45) is 5.92 Å². The molecule has 2 rings (SSSR count). The van der Waals surface area contributed by atoms with E-state index in [0.29, 0.717) is 32.1 Å². The van der Waals surface area contributed by atoms with Gasteiger partial charge in [0.25, 0.3) is 10.2 Å². The Kier molecular flexibility index (Phi) is 5.65. The number of hydrogen-bond acceptors (Lipinski definition) is 3. The fraction of sp³-hybridized carbons (Fsp3) is 1.00. The summed E-state index contributed by atoms with van der Waals surface area (Å²) in [5, 5.41) is 0.948. The van der Waals surface area contributed by atoms with Gasteiger partial charge in [0.15, 0.2) is 0 Å². The Morgan fingerprint density at radius 3 is 2.05 bits per heavy atom. The minimum Gasteiger partial charge on any atom is -0.300 e. The van der Waals surface area contributed by atoms with Gasteiger partial charge in [-0.1, -0.05) is 22.9 Å². The molecule has 2 heterocycles. The quantitative estimate of drug-likeness (QED) is 0.707. The third-order valence-corrected chi connectivity index (χ3v) is 6.52. The van der Waals surface area contributed by atoms with E-state index in [2.05, 4.69) is 27.8 Å². The van der Waals surface area contributed by atoms with Crippen LogP contribution in [0.3, 0.4) is 0 Å². The molecule has 2 aliphatic heterocycles. The Balaban J connectivity index is 1.90. The third kappa shape index (κ3) is 3.91. The van der Waals surface area contributed by atoms with Crippen LogP contribution < -0.4 is 0 Å². The van der Waals surface area contributed by atoms with E-state index in [1.54, 1.807) is 8.61 Å². The minimum absolute atomic E-state index is 0.626. The first-order chi connectivity index (χ1) is 9.04. The highest BCUT2D eigenvalue weighted by atomic mass is 79.9. The van der Waals surface area contributed by atoms with Crippen LogP contribution in [0.4, 0.5) is 0 Å². The SMILES string of the molecule is CC1CCN(S(=O)(=O)N2CCN(CCBr)CC2)CC1. The second-order valence-corrected chi connectivity index (χ2v) is 8.24. The largest absolute Gasteiger partial charge is 0.300 e. The molecule has 112 valence electrons. The van der Waals surface area contributed by atoms with Crippen molar-refractivity contribution in [3.63, 3.8) is 0 Å². The minimum atomic E-state index is -3.22.